The molecule has 0 bridgehead atoms. The number of anilines is 1. The number of benzene rings is 1. The Morgan fingerprint density at radius 1 is 1.47 bits per heavy atom. The van der Waals surface area contributed by atoms with Crippen LogP contribution in [0.4, 0.5) is 5.69 Å². The summed E-state index contributed by atoms with van der Waals surface area (Å²) in [5.41, 5.74) is 1.78. The molecule has 0 aliphatic rings. The first kappa shape index (κ1) is 11.1. The molecule has 1 aromatic rings. The van der Waals surface area contributed by atoms with E-state index in [0.717, 1.165) is 11.4 Å². The molecule has 78 valence electrons. The lowest BCUT2D eigenvalue weighted by molar-refractivity contribution is 0.475. The number of hydrogen-bond donors (Lipinski definition) is 2. The number of phenolic OH excluding ortho intramolecular Hbond substituents is 1. The summed E-state index contributed by atoms with van der Waals surface area (Å²) in [7, 11) is 0. The molecule has 0 aliphatic heterocycles. The van der Waals surface area contributed by atoms with Gasteiger partial charge in [0.15, 0.2) is 0 Å². The van der Waals surface area contributed by atoms with Gasteiger partial charge in [0.1, 0.15) is 5.75 Å². The van der Waals surface area contributed by atoms with E-state index in [9.17, 15) is 5.11 Å². The highest BCUT2D eigenvalue weighted by molar-refractivity contribution is 5.54. The summed E-state index contributed by atoms with van der Waals surface area (Å²) in [6.45, 7) is 5.59. The first-order valence-corrected chi connectivity index (χ1v) is 4.77. The minimum Gasteiger partial charge on any atom is -0.508 e. The fourth-order valence-corrected chi connectivity index (χ4v) is 1.20. The zero-order valence-corrected chi connectivity index (χ0v) is 8.77. The molecule has 1 aromatic carbocycles. The van der Waals surface area contributed by atoms with Gasteiger partial charge in [0.05, 0.1) is 0 Å². The second-order valence-electron chi connectivity index (χ2n) is 3.03. The number of nitrogens with one attached hydrogen (secondary N) is 1. The summed E-state index contributed by atoms with van der Waals surface area (Å²) >= 11 is 0. The minimum absolute atomic E-state index is 0.249. The summed E-state index contributed by atoms with van der Waals surface area (Å²) in [5, 5.41) is 12.5. The number of allylic oxidation sites excluding steroid dienone is 4. The zero-order valence-electron chi connectivity index (χ0n) is 8.77. The number of hydrogen-bond acceptors (Lipinski definition) is 2. The van der Waals surface area contributed by atoms with Gasteiger partial charge in [0, 0.05) is 17.5 Å². The molecule has 15 heavy (non-hydrogen) atoms. The van der Waals surface area contributed by atoms with Crippen LogP contribution in [0.5, 0.6) is 5.75 Å². The van der Waals surface area contributed by atoms with Crippen LogP contribution in [0.2, 0.25) is 0 Å². The van der Waals surface area contributed by atoms with Crippen LogP contribution in [0.1, 0.15) is 6.92 Å². The minimum atomic E-state index is 0.249. The van der Waals surface area contributed by atoms with Crippen molar-refractivity contribution in [1.82, 2.24) is 0 Å². The van der Waals surface area contributed by atoms with Crippen molar-refractivity contribution in [1.29, 1.82) is 0 Å². The fourth-order valence-electron chi connectivity index (χ4n) is 1.20. The van der Waals surface area contributed by atoms with E-state index in [1.807, 2.05) is 31.2 Å². The second kappa shape index (κ2) is 5.70. The van der Waals surface area contributed by atoms with Crippen molar-refractivity contribution < 1.29 is 5.11 Å². The van der Waals surface area contributed by atoms with Crippen molar-refractivity contribution in [2.45, 2.75) is 6.92 Å². The third kappa shape index (κ3) is 3.73. The summed E-state index contributed by atoms with van der Waals surface area (Å²) in [5.74, 6) is 0.249. The van der Waals surface area contributed by atoms with E-state index in [-0.39, 0.29) is 5.75 Å². The normalized spacial score (nSPS) is 11.7. The van der Waals surface area contributed by atoms with Gasteiger partial charge in [0.2, 0.25) is 0 Å². The first-order valence-electron chi connectivity index (χ1n) is 4.77. The Balaban J connectivity index is 2.83. The first-order chi connectivity index (χ1) is 7.26. The van der Waals surface area contributed by atoms with E-state index in [0.29, 0.717) is 0 Å². The number of aromatic hydroxyl groups is 1. The molecular weight excluding hydrogens is 186 g/mol. The summed E-state index contributed by atoms with van der Waals surface area (Å²) in [6, 6.07) is 6.98. The van der Waals surface area contributed by atoms with Crippen molar-refractivity contribution in [3.8, 4) is 5.75 Å². The molecule has 0 radical (unpaired) electrons. The van der Waals surface area contributed by atoms with Gasteiger partial charge in [-0.15, -0.1) is 0 Å². The maximum atomic E-state index is 9.29. The van der Waals surface area contributed by atoms with Gasteiger partial charge >= 0.3 is 0 Å². The molecule has 2 heteroatoms. The van der Waals surface area contributed by atoms with Crippen molar-refractivity contribution in [2.24, 2.45) is 0 Å². The predicted octanol–water partition coefficient (Wildman–Crippen LogP) is 3.45. The third-order valence-electron chi connectivity index (χ3n) is 1.78. The van der Waals surface area contributed by atoms with Gasteiger partial charge in [0.25, 0.3) is 0 Å². The Morgan fingerprint density at radius 3 is 2.87 bits per heavy atom. The Hall–Kier alpha value is -1.96. The van der Waals surface area contributed by atoms with Crippen LogP contribution in [0.15, 0.2) is 60.8 Å². The van der Waals surface area contributed by atoms with Crippen molar-refractivity contribution >= 4 is 5.69 Å². The van der Waals surface area contributed by atoms with E-state index in [2.05, 4.69) is 11.9 Å². The molecule has 0 fully saturated rings. The molecule has 0 spiro atoms. The fraction of sp³-hybridized carbons (Fsp3) is 0.0769. The lowest BCUT2D eigenvalue weighted by Crippen LogP contribution is -1.95. The summed E-state index contributed by atoms with van der Waals surface area (Å²) < 4.78 is 0. The highest BCUT2D eigenvalue weighted by Gasteiger charge is 1.94. The Kier molecular flexibility index (Phi) is 4.23. The Morgan fingerprint density at radius 2 is 2.27 bits per heavy atom. The van der Waals surface area contributed by atoms with Gasteiger partial charge in [-0.1, -0.05) is 24.8 Å². The largest absolute Gasteiger partial charge is 0.508 e. The average Bonchev–Trinajstić information content (AvgIpc) is 2.18. The Bertz CT molecular complexity index is 391. The SMILES string of the molecule is C=C/C=C(\C=C/C)Nc1cccc(O)c1. The van der Waals surface area contributed by atoms with Crippen LogP contribution in [0.25, 0.3) is 0 Å². The van der Waals surface area contributed by atoms with Crippen LogP contribution in [-0.2, 0) is 0 Å². The van der Waals surface area contributed by atoms with Gasteiger partial charge in [-0.05, 0) is 31.2 Å². The molecule has 0 unspecified atom stereocenters. The molecule has 0 amide bonds. The van der Waals surface area contributed by atoms with Crippen molar-refractivity contribution in [3.63, 3.8) is 0 Å². The quantitative estimate of drug-likeness (QED) is 0.731. The second-order valence-corrected chi connectivity index (χ2v) is 3.03. The van der Waals surface area contributed by atoms with Gasteiger partial charge < -0.3 is 10.4 Å². The molecular formula is C13H15NO. The maximum Gasteiger partial charge on any atom is 0.117 e. The predicted molar refractivity (Wildman–Crippen MR) is 64.8 cm³/mol. The van der Waals surface area contributed by atoms with E-state index >= 15 is 0 Å². The van der Waals surface area contributed by atoms with Crippen LogP contribution in [0.3, 0.4) is 0 Å². The van der Waals surface area contributed by atoms with Crippen molar-refractivity contribution in [2.75, 3.05) is 5.32 Å². The standard InChI is InChI=1S/C13H15NO/c1-3-6-11(7-4-2)14-12-8-5-9-13(15)10-12/h3-10,14-15H,1H2,2H3/b7-4-,11-6+. The third-order valence-corrected chi connectivity index (χ3v) is 1.78. The molecule has 0 aromatic heterocycles. The smallest absolute Gasteiger partial charge is 0.117 e. The molecule has 0 aliphatic carbocycles. The summed E-state index contributed by atoms with van der Waals surface area (Å²) in [6.07, 6.45) is 7.45. The highest BCUT2D eigenvalue weighted by Crippen LogP contribution is 2.17. The topological polar surface area (TPSA) is 32.3 Å². The zero-order chi connectivity index (χ0) is 11.1. The molecule has 0 saturated heterocycles. The van der Waals surface area contributed by atoms with Gasteiger partial charge in [-0.25, -0.2) is 0 Å². The van der Waals surface area contributed by atoms with Crippen LogP contribution < -0.4 is 5.32 Å². The van der Waals surface area contributed by atoms with Crippen LogP contribution >= 0.6 is 0 Å². The van der Waals surface area contributed by atoms with Crippen LogP contribution in [-0.4, -0.2) is 5.11 Å². The van der Waals surface area contributed by atoms with E-state index in [1.54, 1.807) is 24.3 Å². The monoisotopic (exact) mass is 201 g/mol. The van der Waals surface area contributed by atoms with E-state index in [4.69, 9.17) is 0 Å². The van der Waals surface area contributed by atoms with E-state index < -0.39 is 0 Å². The van der Waals surface area contributed by atoms with Gasteiger partial charge in [-0.2, -0.15) is 0 Å². The molecule has 0 atom stereocenters. The lowest BCUT2D eigenvalue weighted by Gasteiger charge is -2.06. The number of phenols is 1. The van der Waals surface area contributed by atoms with Crippen molar-refractivity contribution in [3.05, 3.63) is 60.8 Å². The van der Waals surface area contributed by atoms with Gasteiger partial charge in [-0.3, -0.25) is 0 Å². The molecule has 2 nitrogen and oxygen atoms in total. The lowest BCUT2D eigenvalue weighted by atomic mass is 10.2. The maximum absolute atomic E-state index is 9.29. The molecule has 0 saturated carbocycles. The number of rotatable bonds is 4. The van der Waals surface area contributed by atoms with Crippen LogP contribution in [0, 0.1) is 0 Å². The Labute approximate surface area is 90.3 Å². The molecule has 1 rings (SSSR count). The molecule has 2 N–H and O–H groups in total. The highest BCUT2D eigenvalue weighted by atomic mass is 16.3. The molecule has 0 heterocycles. The van der Waals surface area contributed by atoms with E-state index in [1.165, 1.54) is 0 Å². The average molecular weight is 201 g/mol. The summed E-state index contributed by atoms with van der Waals surface area (Å²) in [4.78, 5) is 0.